The number of nitrogens with zero attached hydrogens (tertiary/aromatic N) is 3. The normalized spacial score (nSPS) is 29.1. The second kappa shape index (κ2) is 7.59. The maximum atomic E-state index is 13.5. The van der Waals surface area contributed by atoms with Crippen LogP contribution in [0.5, 0.6) is 0 Å². The third kappa shape index (κ3) is 4.07. The molecule has 0 radical (unpaired) electrons. The summed E-state index contributed by atoms with van der Waals surface area (Å²) in [6.07, 6.45) is -2.37. The second-order valence-electron chi connectivity index (χ2n) is 9.61. The number of carbonyl (C=O) groups is 1. The number of imidazole rings is 1. The van der Waals surface area contributed by atoms with Gasteiger partial charge in [0.15, 0.2) is 5.65 Å². The molecule has 2 aromatic rings. The molecule has 0 spiro atoms. The molecule has 0 bridgehead atoms. The summed E-state index contributed by atoms with van der Waals surface area (Å²) in [4.78, 5) is 16.9. The minimum atomic E-state index is -4.64. The van der Waals surface area contributed by atoms with Gasteiger partial charge in [-0.25, -0.2) is 18.3 Å². The van der Waals surface area contributed by atoms with Crippen LogP contribution in [0.3, 0.4) is 0 Å². The fourth-order valence-corrected chi connectivity index (χ4v) is 4.79. The van der Waals surface area contributed by atoms with Gasteiger partial charge < -0.3 is 16.2 Å². The maximum absolute atomic E-state index is 13.5. The number of amides is 1. The summed E-state index contributed by atoms with van der Waals surface area (Å²) >= 11 is 0. The highest BCUT2D eigenvalue weighted by atomic mass is 19.4. The molecule has 4 N–H and O–H groups in total. The highest BCUT2D eigenvalue weighted by Crippen LogP contribution is 2.48. The van der Waals surface area contributed by atoms with Gasteiger partial charge in [-0.2, -0.15) is 18.3 Å². The Morgan fingerprint density at radius 3 is 2.52 bits per heavy atom. The van der Waals surface area contributed by atoms with Gasteiger partial charge in [0.1, 0.15) is 11.6 Å². The molecule has 182 valence electrons. The molecule has 4 atom stereocenters. The van der Waals surface area contributed by atoms with E-state index in [0.29, 0.717) is 5.69 Å². The Morgan fingerprint density at radius 1 is 1.30 bits per heavy atom. The monoisotopic (exact) mass is 475 g/mol. The molecule has 12 heteroatoms. The van der Waals surface area contributed by atoms with Gasteiger partial charge in [0.25, 0.3) is 0 Å². The number of alkyl halides is 5. The highest BCUT2D eigenvalue weighted by Gasteiger charge is 2.60. The Morgan fingerprint density at radius 2 is 1.94 bits per heavy atom. The lowest BCUT2D eigenvalue weighted by Crippen LogP contribution is -2.46. The van der Waals surface area contributed by atoms with E-state index in [1.807, 2.05) is 5.32 Å². The molecule has 1 aliphatic heterocycles. The average molecular weight is 475 g/mol. The molecule has 1 saturated heterocycles. The van der Waals surface area contributed by atoms with Crippen molar-refractivity contribution in [3.8, 4) is 0 Å². The van der Waals surface area contributed by atoms with Gasteiger partial charge in [-0.15, -0.1) is 0 Å². The first kappa shape index (κ1) is 23.8. The number of nitrogens with two attached hydrogens (primary N) is 1. The summed E-state index contributed by atoms with van der Waals surface area (Å²) in [5, 5.41) is 17.3. The van der Waals surface area contributed by atoms with Crippen LogP contribution in [-0.2, 0) is 10.4 Å². The Bertz CT molecular complexity index is 1060. The van der Waals surface area contributed by atoms with Crippen LogP contribution in [0.4, 0.5) is 22.0 Å². The molecule has 0 aromatic carbocycles. The summed E-state index contributed by atoms with van der Waals surface area (Å²) in [5.41, 5.74) is 3.39. The Kier molecular flexibility index (Phi) is 5.47. The zero-order chi connectivity index (χ0) is 24.4. The largest absolute Gasteiger partial charge is 0.408 e. The molecule has 4 rings (SSSR count). The summed E-state index contributed by atoms with van der Waals surface area (Å²) in [6.45, 7) is 2.56. The molecule has 1 unspecified atom stereocenters. The Labute approximate surface area is 186 Å². The molecule has 2 aliphatic rings. The van der Waals surface area contributed by atoms with Crippen LogP contribution in [0.2, 0.25) is 0 Å². The van der Waals surface area contributed by atoms with Crippen molar-refractivity contribution in [1.29, 1.82) is 0 Å². The third-order valence-corrected chi connectivity index (χ3v) is 7.40. The number of aromatic nitrogens is 3. The number of carbonyl (C=O) groups excluding carboxylic acids is 1. The molecule has 1 aliphatic carbocycles. The van der Waals surface area contributed by atoms with E-state index in [2.05, 4.69) is 10.1 Å². The molecule has 1 amide bonds. The highest BCUT2D eigenvalue weighted by molar-refractivity contribution is 5.86. The van der Waals surface area contributed by atoms with Crippen LogP contribution >= 0.6 is 0 Å². The van der Waals surface area contributed by atoms with Crippen molar-refractivity contribution in [1.82, 2.24) is 19.9 Å². The quantitative estimate of drug-likeness (QED) is 0.589. The summed E-state index contributed by atoms with van der Waals surface area (Å²) < 4.78 is 67.8. The van der Waals surface area contributed by atoms with Gasteiger partial charge in [-0.05, 0) is 45.1 Å². The van der Waals surface area contributed by atoms with E-state index in [9.17, 15) is 31.9 Å². The van der Waals surface area contributed by atoms with Crippen LogP contribution in [0.15, 0.2) is 18.5 Å². The molecular weight excluding hydrogens is 449 g/mol. The first-order chi connectivity index (χ1) is 15.1. The van der Waals surface area contributed by atoms with Gasteiger partial charge in [0.2, 0.25) is 11.8 Å². The summed E-state index contributed by atoms with van der Waals surface area (Å²) in [6, 6.07) is -1.20. The van der Waals surface area contributed by atoms with Crippen molar-refractivity contribution >= 4 is 11.6 Å². The standard InChI is InChI=1S/C21H26F5N5O2/c1-18(8-14(21(24,25)26)30-17(18)32)19(2,33)12-7-15-29-13(10-31(15)28-9-12)16(27)11-3-5-20(22,23)6-4-11/h7,9-11,14,16,33H,3-6,8,27H2,1-2H3,(H,30,32)/t14-,16-,18-,19?/m0/s1. The molecule has 2 fully saturated rings. The minimum Gasteiger partial charge on any atom is -0.384 e. The van der Waals surface area contributed by atoms with Crippen molar-refractivity contribution in [2.45, 2.75) is 75.7 Å². The number of nitrogens with one attached hydrogen (secondary N) is 1. The van der Waals surface area contributed by atoms with E-state index in [1.54, 1.807) is 6.20 Å². The van der Waals surface area contributed by atoms with E-state index < -0.39 is 47.5 Å². The zero-order valence-electron chi connectivity index (χ0n) is 18.2. The van der Waals surface area contributed by atoms with Crippen molar-refractivity contribution < 1.29 is 31.9 Å². The molecular formula is C21H26F5N5O2. The maximum Gasteiger partial charge on any atom is 0.408 e. The predicted molar refractivity (Wildman–Crippen MR) is 107 cm³/mol. The number of hydrogen-bond donors (Lipinski definition) is 3. The van der Waals surface area contributed by atoms with Crippen LogP contribution in [-0.4, -0.2) is 43.8 Å². The van der Waals surface area contributed by atoms with Crippen LogP contribution in [0, 0.1) is 11.3 Å². The molecule has 2 aromatic heterocycles. The number of rotatable bonds is 4. The van der Waals surface area contributed by atoms with Crippen molar-refractivity contribution in [2.75, 3.05) is 0 Å². The topological polar surface area (TPSA) is 106 Å². The number of halogens is 5. The van der Waals surface area contributed by atoms with Crippen molar-refractivity contribution in [2.24, 2.45) is 17.1 Å². The predicted octanol–water partition coefficient (Wildman–Crippen LogP) is 3.22. The van der Waals surface area contributed by atoms with Crippen molar-refractivity contribution in [3.63, 3.8) is 0 Å². The molecule has 7 nitrogen and oxygen atoms in total. The van der Waals surface area contributed by atoms with Crippen LogP contribution in [0.1, 0.15) is 63.3 Å². The van der Waals surface area contributed by atoms with Gasteiger partial charge in [-0.3, -0.25) is 4.79 Å². The smallest absolute Gasteiger partial charge is 0.384 e. The van der Waals surface area contributed by atoms with E-state index >= 15 is 0 Å². The molecule has 1 saturated carbocycles. The number of hydrogen-bond acceptors (Lipinski definition) is 5. The Hall–Kier alpha value is -2.34. The first-order valence-corrected chi connectivity index (χ1v) is 10.7. The first-order valence-electron chi connectivity index (χ1n) is 10.7. The fourth-order valence-electron chi connectivity index (χ4n) is 4.79. The summed E-state index contributed by atoms with van der Waals surface area (Å²) in [5.74, 6) is -3.75. The number of aliphatic hydroxyl groups is 1. The van der Waals surface area contributed by atoms with E-state index in [-0.39, 0.29) is 42.8 Å². The van der Waals surface area contributed by atoms with Crippen LogP contribution in [0.25, 0.3) is 5.65 Å². The average Bonchev–Trinajstić information content (AvgIpc) is 3.28. The lowest BCUT2D eigenvalue weighted by atomic mass is 9.69. The minimum absolute atomic E-state index is 0.124. The third-order valence-electron chi connectivity index (χ3n) is 7.40. The van der Waals surface area contributed by atoms with Gasteiger partial charge in [0.05, 0.1) is 29.5 Å². The SMILES string of the molecule is CC(O)(c1cnn2cc([C@@H](N)C3CCC(F)(F)CC3)nc2c1)[C@@]1(C)C[C@@H](C(F)(F)F)NC1=O. The van der Waals surface area contributed by atoms with Crippen molar-refractivity contribution in [3.05, 3.63) is 29.7 Å². The zero-order valence-corrected chi connectivity index (χ0v) is 18.2. The van der Waals surface area contributed by atoms with Crippen LogP contribution < -0.4 is 11.1 Å². The fraction of sp³-hybridized carbons (Fsp3) is 0.667. The summed E-state index contributed by atoms with van der Waals surface area (Å²) in [7, 11) is 0. The van der Waals surface area contributed by atoms with Gasteiger partial charge >= 0.3 is 6.18 Å². The lowest BCUT2D eigenvalue weighted by Gasteiger charge is -2.37. The Balaban J connectivity index is 1.60. The van der Waals surface area contributed by atoms with E-state index in [0.717, 1.165) is 0 Å². The van der Waals surface area contributed by atoms with Gasteiger partial charge in [0, 0.05) is 18.4 Å². The second-order valence-corrected chi connectivity index (χ2v) is 9.61. The molecule has 3 heterocycles. The van der Waals surface area contributed by atoms with E-state index in [1.165, 1.54) is 30.6 Å². The number of fused-ring (bicyclic) bond motifs is 1. The molecule has 33 heavy (non-hydrogen) atoms. The lowest BCUT2D eigenvalue weighted by molar-refractivity contribution is -0.157. The van der Waals surface area contributed by atoms with E-state index in [4.69, 9.17) is 5.73 Å². The van der Waals surface area contributed by atoms with Gasteiger partial charge in [-0.1, -0.05) is 0 Å².